The Bertz CT molecular complexity index is 744. The molecule has 0 fully saturated rings. The van der Waals surface area contributed by atoms with Gasteiger partial charge in [-0.15, -0.1) is 0 Å². The molecule has 0 spiro atoms. The van der Waals surface area contributed by atoms with Crippen LogP contribution in [0.5, 0.6) is 0 Å². The highest BCUT2D eigenvalue weighted by molar-refractivity contribution is 5.63. The number of aromatic nitrogens is 2. The van der Waals surface area contributed by atoms with Crippen LogP contribution in [-0.4, -0.2) is 15.1 Å². The molecule has 0 amide bonds. The average molecular weight is 291 g/mol. The Morgan fingerprint density at radius 2 is 1.77 bits per heavy atom. The van der Waals surface area contributed by atoms with Crippen LogP contribution in [-0.2, 0) is 13.2 Å². The Kier molecular flexibility index (Phi) is 4.41. The van der Waals surface area contributed by atoms with E-state index >= 15 is 0 Å². The van der Waals surface area contributed by atoms with Crippen molar-refractivity contribution in [3.63, 3.8) is 0 Å². The molecule has 2 N–H and O–H groups in total. The number of hydrogen-bond donors (Lipinski definition) is 2. The molecule has 110 valence electrons. The van der Waals surface area contributed by atoms with Crippen molar-refractivity contribution in [1.82, 2.24) is 9.97 Å². The van der Waals surface area contributed by atoms with Crippen molar-refractivity contribution in [3.8, 4) is 11.1 Å². The van der Waals surface area contributed by atoms with E-state index in [4.69, 9.17) is 0 Å². The molecule has 2 aromatic heterocycles. The van der Waals surface area contributed by atoms with E-state index in [-0.39, 0.29) is 6.61 Å². The number of aliphatic hydroxyl groups is 1. The first-order valence-corrected chi connectivity index (χ1v) is 7.14. The van der Waals surface area contributed by atoms with E-state index in [0.717, 1.165) is 27.9 Å². The first-order valence-electron chi connectivity index (χ1n) is 7.14. The molecule has 3 aromatic rings. The number of benzene rings is 1. The van der Waals surface area contributed by atoms with Gasteiger partial charge in [0.2, 0.25) is 0 Å². The van der Waals surface area contributed by atoms with Crippen LogP contribution in [0.3, 0.4) is 0 Å². The van der Waals surface area contributed by atoms with Gasteiger partial charge in [-0.1, -0.05) is 24.3 Å². The van der Waals surface area contributed by atoms with Gasteiger partial charge in [-0.3, -0.25) is 9.97 Å². The number of aliphatic hydroxyl groups excluding tert-OH is 1. The van der Waals surface area contributed by atoms with Crippen LogP contribution in [0.25, 0.3) is 11.1 Å². The normalized spacial score (nSPS) is 10.4. The van der Waals surface area contributed by atoms with Gasteiger partial charge < -0.3 is 10.4 Å². The minimum atomic E-state index is 0.000573. The molecular weight excluding hydrogens is 274 g/mol. The third kappa shape index (κ3) is 3.30. The van der Waals surface area contributed by atoms with E-state index in [1.807, 2.05) is 30.5 Å². The fourth-order valence-corrected chi connectivity index (χ4v) is 2.31. The molecule has 0 saturated heterocycles. The summed E-state index contributed by atoms with van der Waals surface area (Å²) in [5.41, 5.74) is 5.10. The SMILES string of the molecule is OCc1ccncc1NCc1cccc(-c2cccnc2)c1. The molecule has 0 bridgehead atoms. The minimum Gasteiger partial charge on any atom is -0.392 e. The molecule has 0 atom stereocenters. The van der Waals surface area contributed by atoms with Crippen LogP contribution in [0.4, 0.5) is 5.69 Å². The highest BCUT2D eigenvalue weighted by Gasteiger charge is 2.02. The monoisotopic (exact) mass is 291 g/mol. The van der Waals surface area contributed by atoms with Crippen molar-refractivity contribution in [2.45, 2.75) is 13.2 Å². The van der Waals surface area contributed by atoms with E-state index in [2.05, 4.69) is 33.5 Å². The van der Waals surface area contributed by atoms with Crippen LogP contribution in [0.15, 0.2) is 67.3 Å². The van der Waals surface area contributed by atoms with E-state index in [1.165, 1.54) is 0 Å². The van der Waals surface area contributed by atoms with Gasteiger partial charge in [0, 0.05) is 30.7 Å². The first-order chi connectivity index (χ1) is 10.9. The topological polar surface area (TPSA) is 58.0 Å². The Labute approximate surface area is 129 Å². The largest absolute Gasteiger partial charge is 0.392 e. The Morgan fingerprint density at radius 1 is 0.909 bits per heavy atom. The lowest BCUT2D eigenvalue weighted by molar-refractivity contribution is 0.282. The number of nitrogens with zero attached hydrogens (tertiary/aromatic N) is 2. The van der Waals surface area contributed by atoms with E-state index in [0.29, 0.717) is 6.54 Å². The lowest BCUT2D eigenvalue weighted by Crippen LogP contribution is -2.03. The summed E-state index contributed by atoms with van der Waals surface area (Å²) in [7, 11) is 0. The number of hydrogen-bond acceptors (Lipinski definition) is 4. The van der Waals surface area contributed by atoms with Crippen LogP contribution in [0, 0.1) is 0 Å². The number of anilines is 1. The van der Waals surface area contributed by atoms with Crippen molar-refractivity contribution in [2.24, 2.45) is 0 Å². The summed E-state index contributed by atoms with van der Waals surface area (Å²) in [4.78, 5) is 8.24. The van der Waals surface area contributed by atoms with E-state index in [1.54, 1.807) is 18.6 Å². The number of rotatable bonds is 5. The van der Waals surface area contributed by atoms with Gasteiger partial charge in [-0.2, -0.15) is 0 Å². The van der Waals surface area contributed by atoms with Crippen molar-refractivity contribution in [3.05, 3.63) is 78.4 Å². The second-order valence-electron chi connectivity index (χ2n) is 4.99. The first kappa shape index (κ1) is 14.2. The molecule has 0 unspecified atom stereocenters. The van der Waals surface area contributed by atoms with Gasteiger partial charge in [0.25, 0.3) is 0 Å². The maximum Gasteiger partial charge on any atom is 0.0703 e. The van der Waals surface area contributed by atoms with Crippen LogP contribution in [0.1, 0.15) is 11.1 Å². The Balaban J connectivity index is 1.76. The highest BCUT2D eigenvalue weighted by atomic mass is 16.3. The summed E-state index contributed by atoms with van der Waals surface area (Å²) >= 11 is 0. The predicted octanol–water partition coefficient (Wildman–Crippen LogP) is 3.25. The van der Waals surface area contributed by atoms with Crippen molar-refractivity contribution in [1.29, 1.82) is 0 Å². The summed E-state index contributed by atoms with van der Waals surface area (Å²) in [6.45, 7) is 0.674. The van der Waals surface area contributed by atoms with Gasteiger partial charge in [0.1, 0.15) is 0 Å². The predicted molar refractivity (Wildman–Crippen MR) is 87.2 cm³/mol. The van der Waals surface area contributed by atoms with Gasteiger partial charge in [-0.25, -0.2) is 0 Å². The molecular formula is C18H17N3O. The Hall–Kier alpha value is -2.72. The quantitative estimate of drug-likeness (QED) is 0.757. The smallest absolute Gasteiger partial charge is 0.0703 e. The van der Waals surface area contributed by atoms with Crippen LogP contribution < -0.4 is 5.32 Å². The van der Waals surface area contributed by atoms with Crippen molar-refractivity contribution >= 4 is 5.69 Å². The van der Waals surface area contributed by atoms with Crippen LogP contribution in [0.2, 0.25) is 0 Å². The molecule has 4 nitrogen and oxygen atoms in total. The summed E-state index contributed by atoms with van der Waals surface area (Å²) < 4.78 is 0. The van der Waals surface area contributed by atoms with Gasteiger partial charge >= 0.3 is 0 Å². The molecule has 0 saturated carbocycles. The molecule has 0 aliphatic heterocycles. The molecule has 22 heavy (non-hydrogen) atoms. The zero-order valence-electron chi connectivity index (χ0n) is 12.1. The molecule has 1 aromatic carbocycles. The fourth-order valence-electron chi connectivity index (χ4n) is 2.31. The molecule has 0 aliphatic rings. The fraction of sp³-hybridized carbons (Fsp3) is 0.111. The van der Waals surface area contributed by atoms with Gasteiger partial charge in [0.05, 0.1) is 18.5 Å². The molecule has 3 rings (SSSR count). The number of nitrogens with one attached hydrogen (secondary N) is 1. The van der Waals surface area contributed by atoms with Crippen molar-refractivity contribution in [2.75, 3.05) is 5.32 Å². The minimum absolute atomic E-state index is 0.000573. The van der Waals surface area contributed by atoms with Crippen LogP contribution >= 0.6 is 0 Å². The second-order valence-corrected chi connectivity index (χ2v) is 4.99. The lowest BCUT2D eigenvalue weighted by Gasteiger charge is -2.11. The lowest BCUT2D eigenvalue weighted by atomic mass is 10.0. The van der Waals surface area contributed by atoms with Gasteiger partial charge in [0.15, 0.2) is 0 Å². The molecule has 2 heterocycles. The average Bonchev–Trinajstić information content (AvgIpc) is 2.61. The molecule has 0 aliphatic carbocycles. The third-order valence-electron chi connectivity index (χ3n) is 3.49. The zero-order chi connectivity index (χ0) is 15.2. The standard InChI is InChI=1S/C18H17N3O/c22-13-17-6-8-20-12-18(17)21-10-14-3-1-4-15(9-14)16-5-2-7-19-11-16/h1-9,11-12,21-22H,10,13H2. The maximum absolute atomic E-state index is 9.33. The summed E-state index contributed by atoms with van der Waals surface area (Å²) in [5, 5.41) is 12.7. The summed E-state index contributed by atoms with van der Waals surface area (Å²) in [5.74, 6) is 0. The third-order valence-corrected chi connectivity index (χ3v) is 3.49. The highest BCUT2D eigenvalue weighted by Crippen LogP contribution is 2.20. The van der Waals surface area contributed by atoms with Crippen molar-refractivity contribution < 1.29 is 5.11 Å². The van der Waals surface area contributed by atoms with E-state index in [9.17, 15) is 5.11 Å². The Morgan fingerprint density at radius 3 is 2.59 bits per heavy atom. The second kappa shape index (κ2) is 6.83. The molecule has 0 radical (unpaired) electrons. The zero-order valence-corrected chi connectivity index (χ0v) is 12.1. The summed E-state index contributed by atoms with van der Waals surface area (Å²) in [6, 6.07) is 14.1. The summed E-state index contributed by atoms with van der Waals surface area (Å²) in [6.07, 6.45) is 7.04. The number of pyridine rings is 2. The van der Waals surface area contributed by atoms with E-state index < -0.39 is 0 Å². The maximum atomic E-state index is 9.33. The van der Waals surface area contributed by atoms with Gasteiger partial charge in [-0.05, 0) is 34.9 Å². The molecule has 4 heteroatoms.